The van der Waals surface area contributed by atoms with Crippen LogP contribution < -0.4 is 11.1 Å². The Morgan fingerprint density at radius 1 is 1.34 bits per heavy atom. The molecule has 0 saturated heterocycles. The Hall–Kier alpha value is -2.42. The molecular weight excluding hydrogens is 415 g/mol. The van der Waals surface area contributed by atoms with Gasteiger partial charge in [-0.15, -0.1) is 12.4 Å². The Kier molecular flexibility index (Phi) is 7.78. The summed E-state index contributed by atoms with van der Waals surface area (Å²) in [5.74, 6) is 1.70. The van der Waals surface area contributed by atoms with Crippen molar-refractivity contribution in [2.45, 2.75) is 39.9 Å². The predicted octanol–water partition coefficient (Wildman–Crippen LogP) is 3.29. The minimum atomic E-state index is -0.289. The van der Waals surface area contributed by atoms with Gasteiger partial charge in [0.1, 0.15) is 23.9 Å². The van der Waals surface area contributed by atoms with Crippen molar-refractivity contribution in [1.29, 1.82) is 0 Å². The Morgan fingerprint density at radius 2 is 2.07 bits per heavy atom. The van der Waals surface area contributed by atoms with Gasteiger partial charge in [0.05, 0.1) is 17.6 Å². The van der Waals surface area contributed by atoms with Crippen molar-refractivity contribution in [1.82, 2.24) is 25.2 Å². The summed E-state index contributed by atoms with van der Waals surface area (Å²) in [7, 11) is 0. The molecule has 1 amide bonds. The molecule has 10 heteroatoms. The fourth-order valence-corrected chi connectivity index (χ4v) is 2.93. The molecule has 0 bridgehead atoms. The van der Waals surface area contributed by atoms with Gasteiger partial charge in [-0.1, -0.05) is 42.7 Å². The molecule has 0 aliphatic carbocycles. The van der Waals surface area contributed by atoms with Crippen LogP contribution in [0.15, 0.2) is 34.9 Å². The highest BCUT2D eigenvalue weighted by Crippen LogP contribution is 2.27. The smallest absolute Gasteiger partial charge is 0.242 e. The third kappa shape index (κ3) is 5.56. The number of hydrogen-bond acceptors (Lipinski definition) is 6. The van der Waals surface area contributed by atoms with E-state index in [2.05, 4.69) is 20.6 Å². The summed E-state index contributed by atoms with van der Waals surface area (Å²) >= 11 is 6.17. The van der Waals surface area contributed by atoms with Crippen molar-refractivity contribution < 1.29 is 9.32 Å². The number of halogens is 2. The molecule has 1 aromatic carbocycles. The largest absolute Gasteiger partial charge is 0.356 e. The highest BCUT2D eigenvalue weighted by molar-refractivity contribution is 6.33. The van der Waals surface area contributed by atoms with Gasteiger partial charge < -0.3 is 15.6 Å². The van der Waals surface area contributed by atoms with Crippen molar-refractivity contribution in [3.05, 3.63) is 52.7 Å². The highest BCUT2D eigenvalue weighted by atomic mass is 35.5. The lowest BCUT2D eigenvalue weighted by molar-refractivity contribution is -0.122. The van der Waals surface area contributed by atoms with Gasteiger partial charge in [0, 0.05) is 11.6 Å². The average Bonchev–Trinajstić information content (AvgIpc) is 3.26. The van der Waals surface area contributed by atoms with E-state index in [0.717, 1.165) is 5.56 Å². The summed E-state index contributed by atoms with van der Waals surface area (Å²) in [4.78, 5) is 16.7. The molecule has 0 unspecified atom stereocenters. The summed E-state index contributed by atoms with van der Waals surface area (Å²) < 4.78 is 6.88. The number of benzene rings is 1. The van der Waals surface area contributed by atoms with Crippen molar-refractivity contribution in [3.8, 4) is 11.3 Å². The number of aromatic nitrogens is 4. The average molecular weight is 439 g/mol. The molecule has 0 saturated carbocycles. The molecule has 3 N–H and O–H groups in total. The molecular formula is C19H24Cl2N6O2. The van der Waals surface area contributed by atoms with E-state index in [4.69, 9.17) is 21.9 Å². The van der Waals surface area contributed by atoms with E-state index in [0.29, 0.717) is 28.1 Å². The number of nitrogens with two attached hydrogens (primary N) is 1. The number of carbonyl (C=O) groups excluding carboxylic acids is 1. The Balaban J connectivity index is 0.00000300. The Labute approximate surface area is 180 Å². The lowest BCUT2D eigenvalue weighted by atomic mass is 10.1. The number of nitrogens with one attached hydrogen (secondary N) is 1. The normalized spacial score (nSPS) is 11.9. The number of nitrogens with zero attached hydrogens (tertiary/aromatic N) is 4. The van der Waals surface area contributed by atoms with Gasteiger partial charge in [0.15, 0.2) is 5.76 Å². The van der Waals surface area contributed by atoms with Crippen LogP contribution in [-0.4, -0.2) is 25.8 Å². The van der Waals surface area contributed by atoms with Gasteiger partial charge >= 0.3 is 0 Å². The summed E-state index contributed by atoms with van der Waals surface area (Å²) in [6, 6.07) is 8.79. The van der Waals surface area contributed by atoms with Gasteiger partial charge in [-0.3, -0.25) is 4.79 Å². The maximum absolute atomic E-state index is 12.4. The topological polar surface area (TPSA) is 112 Å². The summed E-state index contributed by atoms with van der Waals surface area (Å²) in [5, 5.41) is 11.6. The molecule has 0 fully saturated rings. The zero-order valence-electron chi connectivity index (χ0n) is 16.4. The number of hydrogen-bond donors (Lipinski definition) is 2. The van der Waals surface area contributed by atoms with Crippen LogP contribution in [0.25, 0.3) is 11.3 Å². The number of carbonyl (C=O) groups is 1. The first kappa shape index (κ1) is 22.9. The van der Waals surface area contributed by atoms with Crippen LogP contribution in [0, 0.1) is 12.8 Å². The van der Waals surface area contributed by atoms with Crippen LogP contribution in [-0.2, 0) is 17.9 Å². The zero-order chi connectivity index (χ0) is 20.3. The highest BCUT2D eigenvalue weighted by Gasteiger charge is 2.20. The minimum Gasteiger partial charge on any atom is -0.356 e. The van der Waals surface area contributed by atoms with Gasteiger partial charge in [-0.2, -0.15) is 5.10 Å². The monoisotopic (exact) mass is 438 g/mol. The van der Waals surface area contributed by atoms with Gasteiger partial charge in [0.25, 0.3) is 0 Å². The Morgan fingerprint density at radius 3 is 2.76 bits per heavy atom. The van der Waals surface area contributed by atoms with E-state index in [1.54, 1.807) is 23.7 Å². The molecule has 0 aliphatic rings. The van der Waals surface area contributed by atoms with Gasteiger partial charge in [-0.25, -0.2) is 9.67 Å². The lowest BCUT2D eigenvalue weighted by Gasteiger charge is -2.15. The van der Waals surface area contributed by atoms with Crippen LogP contribution in [0.5, 0.6) is 0 Å². The SMILES string of the molecule is Cc1nc([C@@H](N)C(C)C)n(CC(=O)NCc2cc(-c3ccccc3Cl)on2)n1.Cl. The van der Waals surface area contributed by atoms with Crippen molar-refractivity contribution in [2.24, 2.45) is 11.7 Å². The number of amides is 1. The van der Waals surface area contributed by atoms with E-state index in [9.17, 15) is 4.79 Å². The van der Waals surface area contributed by atoms with E-state index < -0.39 is 0 Å². The molecule has 156 valence electrons. The maximum atomic E-state index is 12.4. The van der Waals surface area contributed by atoms with Crippen LogP contribution in [0.4, 0.5) is 0 Å². The molecule has 29 heavy (non-hydrogen) atoms. The quantitative estimate of drug-likeness (QED) is 0.584. The summed E-state index contributed by atoms with van der Waals surface area (Å²) in [6.07, 6.45) is 0. The molecule has 0 spiro atoms. The van der Waals surface area contributed by atoms with E-state index in [-0.39, 0.29) is 43.4 Å². The lowest BCUT2D eigenvalue weighted by Crippen LogP contribution is -2.30. The Bertz CT molecular complexity index is 969. The first-order chi connectivity index (χ1) is 13.3. The molecule has 0 aliphatic heterocycles. The van der Waals surface area contributed by atoms with Gasteiger partial charge in [-0.05, 0) is 25.0 Å². The third-order valence-corrected chi connectivity index (χ3v) is 4.61. The molecule has 2 heterocycles. The van der Waals surface area contributed by atoms with E-state index in [1.165, 1.54) is 0 Å². The first-order valence-corrected chi connectivity index (χ1v) is 9.37. The minimum absolute atomic E-state index is 0. The van der Waals surface area contributed by atoms with E-state index in [1.807, 2.05) is 32.0 Å². The second-order valence-corrected chi connectivity index (χ2v) is 7.29. The second-order valence-electron chi connectivity index (χ2n) is 6.88. The number of aryl methyl sites for hydroxylation is 1. The second kappa shape index (κ2) is 9.87. The van der Waals surface area contributed by atoms with Gasteiger partial charge in [0.2, 0.25) is 5.91 Å². The zero-order valence-corrected chi connectivity index (χ0v) is 18.0. The van der Waals surface area contributed by atoms with Crippen LogP contribution in [0.2, 0.25) is 5.02 Å². The molecule has 2 aromatic heterocycles. The molecule has 1 atom stereocenters. The first-order valence-electron chi connectivity index (χ1n) is 8.99. The molecule has 3 rings (SSSR count). The van der Waals surface area contributed by atoms with Crippen molar-refractivity contribution in [3.63, 3.8) is 0 Å². The maximum Gasteiger partial charge on any atom is 0.242 e. The fourth-order valence-electron chi connectivity index (χ4n) is 2.70. The fraction of sp³-hybridized carbons (Fsp3) is 0.368. The van der Waals surface area contributed by atoms with Crippen LogP contribution in [0.3, 0.4) is 0 Å². The van der Waals surface area contributed by atoms with Crippen molar-refractivity contribution in [2.75, 3.05) is 0 Å². The van der Waals surface area contributed by atoms with E-state index >= 15 is 0 Å². The molecule has 8 nitrogen and oxygen atoms in total. The van der Waals surface area contributed by atoms with Crippen LogP contribution >= 0.6 is 24.0 Å². The summed E-state index contributed by atoms with van der Waals surface area (Å²) in [6.45, 7) is 6.04. The van der Waals surface area contributed by atoms with Crippen molar-refractivity contribution >= 4 is 29.9 Å². The predicted molar refractivity (Wildman–Crippen MR) is 113 cm³/mol. The molecule has 3 aromatic rings. The number of rotatable bonds is 7. The third-order valence-electron chi connectivity index (χ3n) is 4.28. The molecule has 0 radical (unpaired) electrons. The standard InChI is InChI=1S/C19H23ClN6O2.ClH/c1-11(2)18(21)19-23-12(3)24-26(19)10-17(27)22-9-13-8-16(28-25-13)14-6-4-5-7-15(14)20;/h4-8,11,18H,9-10,21H2,1-3H3,(H,22,27);1H/t18-;/m0./s1. The van der Waals surface area contributed by atoms with Crippen LogP contribution in [0.1, 0.15) is 37.2 Å². The summed E-state index contributed by atoms with van der Waals surface area (Å²) in [5.41, 5.74) is 7.52.